The Labute approximate surface area is 170 Å². The number of amides is 1. The van der Waals surface area contributed by atoms with Gasteiger partial charge in [0, 0.05) is 18.1 Å². The first-order valence-electron chi connectivity index (χ1n) is 8.17. The van der Waals surface area contributed by atoms with E-state index in [1.165, 1.54) is 4.31 Å². The van der Waals surface area contributed by atoms with Crippen LogP contribution in [-0.2, 0) is 21.2 Å². The maximum atomic E-state index is 12.8. The van der Waals surface area contributed by atoms with Crippen LogP contribution in [0, 0.1) is 0 Å². The highest BCUT2D eigenvalue weighted by Crippen LogP contribution is 2.32. The van der Waals surface area contributed by atoms with Crippen molar-refractivity contribution in [3.8, 4) is 0 Å². The number of halogens is 2. The van der Waals surface area contributed by atoms with E-state index >= 15 is 0 Å². The maximum Gasteiger partial charge on any atom is 0.253 e. The SMILES string of the molecule is O=C(NCCc1ccc(Cl)cc1)C1CCCN1S(=O)(=O)c1ccc(Br)s1. The van der Waals surface area contributed by atoms with Gasteiger partial charge in [0.1, 0.15) is 10.3 Å². The molecule has 140 valence electrons. The molecule has 1 fully saturated rings. The fourth-order valence-corrected chi connectivity index (χ4v) is 6.86. The monoisotopic (exact) mass is 476 g/mol. The summed E-state index contributed by atoms with van der Waals surface area (Å²) in [6.45, 7) is 0.822. The molecular weight excluding hydrogens is 460 g/mol. The molecule has 0 radical (unpaired) electrons. The Balaban J connectivity index is 1.62. The third-order valence-corrected chi connectivity index (χ3v) is 8.50. The number of rotatable bonds is 6. The number of nitrogens with zero attached hydrogens (tertiary/aromatic N) is 1. The smallest absolute Gasteiger partial charge is 0.253 e. The van der Waals surface area contributed by atoms with E-state index in [4.69, 9.17) is 11.6 Å². The van der Waals surface area contributed by atoms with Crippen LogP contribution in [-0.4, -0.2) is 37.8 Å². The molecule has 26 heavy (non-hydrogen) atoms. The highest BCUT2D eigenvalue weighted by atomic mass is 79.9. The van der Waals surface area contributed by atoms with Crippen LogP contribution >= 0.6 is 38.9 Å². The molecule has 0 saturated carbocycles. The molecule has 1 aromatic heterocycles. The maximum absolute atomic E-state index is 12.8. The number of nitrogens with one attached hydrogen (secondary N) is 1. The molecule has 0 aliphatic carbocycles. The van der Waals surface area contributed by atoms with Gasteiger partial charge in [0.25, 0.3) is 10.0 Å². The summed E-state index contributed by atoms with van der Waals surface area (Å²) in [5.41, 5.74) is 1.06. The summed E-state index contributed by atoms with van der Waals surface area (Å²) in [7, 11) is -3.65. The molecule has 1 N–H and O–H groups in total. The number of thiophene rings is 1. The third-order valence-electron chi connectivity index (χ3n) is 4.24. The van der Waals surface area contributed by atoms with Crippen molar-refractivity contribution in [1.29, 1.82) is 0 Å². The molecule has 0 bridgehead atoms. The lowest BCUT2D eigenvalue weighted by atomic mass is 10.1. The van der Waals surface area contributed by atoms with Crippen LogP contribution < -0.4 is 5.32 Å². The molecule has 1 aliphatic heterocycles. The van der Waals surface area contributed by atoms with Crippen LogP contribution in [0.25, 0.3) is 0 Å². The highest BCUT2D eigenvalue weighted by molar-refractivity contribution is 9.11. The predicted molar refractivity (Wildman–Crippen MR) is 107 cm³/mol. The van der Waals surface area contributed by atoms with Gasteiger partial charge in [0.05, 0.1) is 3.79 Å². The second-order valence-corrected chi connectivity index (χ2v) is 11.0. The van der Waals surface area contributed by atoms with E-state index in [-0.39, 0.29) is 10.1 Å². The summed E-state index contributed by atoms with van der Waals surface area (Å²) in [6, 6.07) is 10.1. The zero-order chi connectivity index (χ0) is 18.7. The van der Waals surface area contributed by atoms with E-state index in [0.717, 1.165) is 20.7 Å². The Morgan fingerprint density at radius 3 is 2.65 bits per heavy atom. The quantitative estimate of drug-likeness (QED) is 0.690. The molecule has 1 aromatic carbocycles. The Morgan fingerprint density at radius 2 is 2.00 bits per heavy atom. The van der Waals surface area contributed by atoms with Crippen molar-refractivity contribution < 1.29 is 13.2 Å². The van der Waals surface area contributed by atoms with Gasteiger partial charge in [-0.1, -0.05) is 23.7 Å². The standard InChI is InChI=1S/C17H18BrClN2O3S2/c18-15-7-8-16(25-15)26(23,24)21-11-1-2-14(21)17(22)20-10-9-12-3-5-13(19)6-4-12/h3-8,14H,1-2,9-11H2,(H,20,22). The molecule has 2 aromatic rings. The van der Waals surface area contributed by atoms with E-state index in [1.54, 1.807) is 12.1 Å². The van der Waals surface area contributed by atoms with Gasteiger partial charge in [-0.3, -0.25) is 4.79 Å². The van der Waals surface area contributed by atoms with Crippen LogP contribution in [0.2, 0.25) is 5.02 Å². The molecule has 1 amide bonds. The normalized spacial score (nSPS) is 18.2. The molecule has 3 rings (SSSR count). The average Bonchev–Trinajstić information content (AvgIpc) is 3.26. The number of hydrogen-bond donors (Lipinski definition) is 1. The van der Waals surface area contributed by atoms with Gasteiger partial charge in [-0.15, -0.1) is 11.3 Å². The minimum atomic E-state index is -3.65. The Morgan fingerprint density at radius 1 is 1.27 bits per heavy atom. The molecule has 1 atom stereocenters. The topological polar surface area (TPSA) is 66.5 Å². The van der Waals surface area contributed by atoms with Crippen LogP contribution in [0.3, 0.4) is 0 Å². The van der Waals surface area contributed by atoms with Crippen molar-refractivity contribution in [2.45, 2.75) is 29.5 Å². The summed E-state index contributed by atoms with van der Waals surface area (Å²) in [5, 5.41) is 3.53. The van der Waals surface area contributed by atoms with E-state index in [0.29, 0.717) is 37.4 Å². The number of sulfonamides is 1. The predicted octanol–water partition coefficient (Wildman–Crippen LogP) is 3.68. The number of carbonyl (C=O) groups excluding carboxylic acids is 1. The molecule has 0 spiro atoms. The van der Waals surface area contributed by atoms with Crippen molar-refractivity contribution in [2.75, 3.05) is 13.1 Å². The Kier molecular flexibility index (Phi) is 6.40. The number of hydrogen-bond acceptors (Lipinski definition) is 4. The first-order chi connectivity index (χ1) is 12.4. The van der Waals surface area contributed by atoms with Gasteiger partial charge in [-0.2, -0.15) is 4.31 Å². The first kappa shape index (κ1) is 19.8. The second kappa shape index (κ2) is 8.39. The molecule has 9 heteroatoms. The summed E-state index contributed by atoms with van der Waals surface area (Å²) < 4.78 is 28.0. The van der Waals surface area contributed by atoms with Crippen LogP contribution in [0.4, 0.5) is 0 Å². The summed E-state index contributed by atoms with van der Waals surface area (Å²) in [4.78, 5) is 12.5. The van der Waals surface area contributed by atoms with Crippen LogP contribution in [0.5, 0.6) is 0 Å². The summed E-state index contributed by atoms with van der Waals surface area (Å²) >= 11 is 10.3. The summed E-state index contributed by atoms with van der Waals surface area (Å²) in [6.07, 6.45) is 1.89. The van der Waals surface area contributed by atoms with Crippen molar-refractivity contribution in [1.82, 2.24) is 9.62 Å². The van der Waals surface area contributed by atoms with Gasteiger partial charge in [-0.25, -0.2) is 8.42 Å². The number of carbonyl (C=O) groups is 1. The number of benzene rings is 1. The largest absolute Gasteiger partial charge is 0.354 e. The molecule has 1 unspecified atom stereocenters. The first-order valence-corrected chi connectivity index (χ1v) is 11.6. The Bertz CT molecular complexity index is 884. The van der Waals surface area contributed by atoms with Crippen molar-refractivity contribution in [3.63, 3.8) is 0 Å². The zero-order valence-electron chi connectivity index (χ0n) is 13.8. The van der Waals surface area contributed by atoms with Crippen LogP contribution in [0.15, 0.2) is 44.4 Å². The minimum absolute atomic E-state index is 0.240. The lowest BCUT2D eigenvalue weighted by Crippen LogP contribution is -2.46. The van der Waals surface area contributed by atoms with Crippen LogP contribution in [0.1, 0.15) is 18.4 Å². The van der Waals surface area contributed by atoms with E-state index in [9.17, 15) is 13.2 Å². The van der Waals surface area contributed by atoms with Gasteiger partial charge in [0.2, 0.25) is 5.91 Å². The average molecular weight is 478 g/mol. The van der Waals surface area contributed by atoms with Gasteiger partial charge in [0.15, 0.2) is 0 Å². The van der Waals surface area contributed by atoms with Crippen molar-refractivity contribution >= 4 is 54.8 Å². The molecule has 2 heterocycles. The Hall–Kier alpha value is -0.930. The second-order valence-electron chi connectivity index (χ2n) is 6.00. The summed E-state index contributed by atoms with van der Waals surface area (Å²) in [5.74, 6) is -0.240. The molecule has 5 nitrogen and oxygen atoms in total. The van der Waals surface area contributed by atoms with Gasteiger partial charge < -0.3 is 5.32 Å². The van der Waals surface area contributed by atoms with E-state index in [1.807, 2.05) is 24.3 Å². The van der Waals surface area contributed by atoms with Gasteiger partial charge in [-0.05, 0) is 65.0 Å². The van der Waals surface area contributed by atoms with Crippen molar-refractivity contribution in [2.24, 2.45) is 0 Å². The highest BCUT2D eigenvalue weighted by Gasteiger charge is 2.39. The lowest BCUT2D eigenvalue weighted by molar-refractivity contribution is -0.124. The minimum Gasteiger partial charge on any atom is -0.354 e. The lowest BCUT2D eigenvalue weighted by Gasteiger charge is -2.22. The third kappa shape index (κ3) is 4.48. The molecular formula is C17H18BrClN2O3S2. The van der Waals surface area contributed by atoms with Crippen molar-refractivity contribution in [3.05, 3.63) is 50.8 Å². The molecule has 1 saturated heterocycles. The zero-order valence-corrected chi connectivity index (χ0v) is 17.8. The fraction of sp³-hybridized carbons (Fsp3) is 0.353. The molecule has 1 aliphatic rings. The van der Waals surface area contributed by atoms with E-state index in [2.05, 4.69) is 21.2 Å². The van der Waals surface area contributed by atoms with E-state index < -0.39 is 16.1 Å². The van der Waals surface area contributed by atoms with Gasteiger partial charge >= 0.3 is 0 Å². The fourth-order valence-electron chi connectivity index (χ4n) is 2.94.